The smallest absolute Gasteiger partial charge is 0.163 e. The Kier molecular flexibility index (Phi) is 3.09. The standard InChI is InChI=1S/C9H19NO2/c1-5-10(4)6-8-7-11-9(2,3)12-8/h8H,5-7H2,1-4H3. The van der Waals surface area contributed by atoms with E-state index in [1.807, 2.05) is 13.8 Å². The zero-order valence-electron chi connectivity index (χ0n) is 8.46. The molecular weight excluding hydrogens is 154 g/mol. The van der Waals surface area contributed by atoms with Crippen molar-refractivity contribution in [3.63, 3.8) is 0 Å². The zero-order chi connectivity index (χ0) is 9.19. The number of hydrogen-bond acceptors (Lipinski definition) is 3. The monoisotopic (exact) mass is 173 g/mol. The first-order valence-electron chi connectivity index (χ1n) is 4.54. The summed E-state index contributed by atoms with van der Waals surface area (Å²) in [6.45, 7) is 8.79. The Balaban J connectivity index is 2.28. The van der Waals surface area contributed by atoms with E-state index in [0.29, 0.717) is 0 Å². The van der Waals surface area contributed by atoms with Gasteiger partial charge in [0, 0.05) is 6.54 Å². The van der Waals surface area contributed by atoms with Gasteiger partial charge >= 0.3 is 0 Å². The lowest BCUT2D eigenvalue weighted by molar-refractivity contribution is -0.139. The first-order valence-corrected chi connectivity index (χ1v) is 4.54. The molecule has 1 heterocycles. The van der Waals surface area contributed by atoms with E-state index in [-0.39, 0.29) is 11.9 Å². The van der Waals surface area contributed by atoms with Gasteiger partial charge in [-0.3, -0.25) is 0 Å². The molecule has 0 saturated carbocycles. The third-order valence-corrected chi connectivity index (χ3v) is 2.12. The molecule has 3 nitrogen and oxygen atoms in total. The summed E-state index contributed by atoms with van der Waals surface area (Å²) in [7, 11) is 2.09. The molecule has 0 spiro atoms. The highest BCUT2D eigenvalue weighted by Gasteiger charge is 2.32. The number of ether oxygens (including phenoxy) is 2. The molecule has 1 unspecified atom stereocenters. The summed E-state index contributed by atoms with van der Waals surface area (Å²) in [6, 6.07) is 0. The summed E-state index contributed by atoms with van der Waals surface area (Å²) < 4.78 is 11.1. The van der Waals surface area contributed by atoms with Gasteiger partial charge in [0.2, 0.25) is 0 Å². The normalized spacial score (nSPS) is 28.2. The summed E-state index contributed by atoms with van der Waals surface area (Å²) >= 11 is 0. The summed E-state index contributed by atoms with van der Waals surface area (Å²) in [4.78, 5) is 2.23. The van der Waals surface area contributed by atoms with Crippen LogP contribution in [0.4, 0.5) is 0 Å². The molecule has 0 bridgehead atoms. The van der Waals surface area contributed by atoms with Crippen molar-refractivity contribution in [1.82, 2.24) is 4.90 Å². The van der Waals surface area contributed by atoms with Crippen molar-refractivity contribution in [3.8, 4) is 0 Å². The minimum atomic E-state index is -0.376. The summed E-state index contributed by atoms with van der Waals surface area (Å²) in [5.74, 6) is -0.376. The molecule has 0 radical (unpaired) electrons. The van der Waals surface area contributed by atoms with Crippen LogP contribution in [0.25, 0.3) is 0 Å². The molecule has 1 saturated heterocycles. The molecule has 0 amide bonds. The van der Waals surface area contributed by atoms with E-state index in [2.05, 4.69) is 18.9 Å². The Bertz CT molecular complexity index is 147. The van der Waals surface area contributed by atoms with Crippen LogP contribution in [0.5, 0.6) is 0 Å². The first kappa shape index (κ1) is 9.96. The third-order valence-electron chi connectivity index (χ3n) is 2.12. The van der Waals surface area contributed by atoms with Crippen LogP contribution in [-0.4, -0.2) is 43.5 Å². The molecule has 1 aliphatic rings. The second kappa shape index (κ2) is 3.73. The summed E-state index contributed by atoms with van der Waals surface area (Å²) in [5, 5.41) is 0. The van der Waals surface area contributed by atoms with Gasteiger partial charge in [-0.25, -0.2) is 0 Å². The zero-order valence-corrected chi connectivity index (χ0v) is 8.46. The van der Waals surface area contributed by atoms with E-state index >= 15 is 0 Å². The van der Waals surface area contributed by atoms with Crippen LogP contribution in [0.15, 0.2) is 0 Å². The highest BCUT2D eigenvalue weighted by molar-refractivity contribution is 4.72. The molecule has 3 heteroatoms. The fourth-order valence-electron chi connectivity index (χ4n) is 1.33. The summed E-state index contributed by atoms with van der Waals surface area (Å²) in [5.41, 5.74) is 0. The topological polar surface area (TPSA) is 21.7 Å². The van der Waals surface area contributed by atoms with E-state index in [0.717, 1.165) is 19.7 Å². The average Bonchev–Trinajstić information content (AvgIpc) is 2.30. The maximum atomic E-state index is 5.66. The second-order valence-electron chi connectivity index (χ2n) is 3.81. The van der Waals surface area contributed by atoms with Crippen LogP contribution in [0.2, 0.25) is 0 Å². The Morgan fingerprint density at radius 1 is 1.50 bits per heavy atom. The quantitative estimate of drug-likeness (QED) is 0.637. The van der Waals surface area contributed by atoms with Gasteiger partial charge in [0.25, 0.3) is 0 Å². The lowest BCUT2D eigenvalue weighted by Crippen LogP contribution is -2.31. The fraction of sp³-hybridized carbons (Fsp3) is 1.00. The molecule has 0 aliphatic carbocycles. The van der Waals surface area contributed by atoms with Gasteiger partial charge in [-0.15, -0.1) is 0 Å². The third kappa shape index (κ3) is 2.73. The molecule has 1 fully saturated rings. The number of likely N-dealkylation sites (N-methyl/N-ethyl adjacent to an activating group) is 1. The summed E-state index contributed by atoms with van der Waals surface area (Å²) in [6.07, 6.45) is 0.241. The fourth-order valence-corrected chi connectivity index (χ4v) is 1.33. The molecule has 12 heavy (non-hydrogen) atoms. The predicted octanol–water partition coefficient (Wildman–Crippen LogP) is 1.09. The van der Waals surface area contributed by atoms with Gasteiger partial charge in [0.1, 0.15) is 0 Å². The lowest BCUT2D eigenvalue weighted by atomic mass is 10.3. The van der Waals surface area contributed by atoms with E-state index in [9.17, 15) is 0 Å². The minimum absolute atomic E-state index is 0.241. The molecule has 72 valence electrons. The van der Waals surface area contributed by atoms with Gasteiger partial charge in [0.05, 0.1) is 12.7 Å². The van der Waals surface area contributed by atoms with E-state index < -0.39 is 0 Å². The van der Waals surface area contributed by atoms with Crippen molar-refractivity contribution in [2.45, 2.75) is 32.7 Å². The van der Waals surface area contributed by atoms with Crippen molar-refractivity contribution in [2.75, 3.05) is 26.7 Å². The van der Waals surface area contributed by atoms with Crippen molar-refractivity contribution in [2.24, 2.45) is 0 Å². The highest BCUT2D eigenvalue weighted by atomic mass is 16.7. The van der Waals surface area contributed by atoms with Crippen molar-refractivity contribution in [1.29, 1.82) is 0 Å². The van der Waals surface area contributed by atoms with Crippen LogP contribution in [-0.2, 0) is 9.47 Å². The van der Waals surface area contributed by atoms with Crippen molar-refractivity contribution < 1.29 is 9.47 Å². The molecule has 0 aromatic carbocycles. The maximum absolute atomic E-state index is 5.66. The predicted molar refractivity (Wildman–Crippen MR) is 48.1 cm³/mol. The van der Waals surface area contributed by atoms with Crippen molar-refractivity contribution in [3.05, 3.63) is 0 Å². The Labute approximate surface area is 74.6 Å². The van der Waals surface area contributed by atoms with E-state index in [1.54, 1.807) is 0 Å². The minimum Gasteiger partial charge on any atom is -0.348 e. The molecule has 0 N–H and O–H groups in total. The van der Waals surface area contributed by atoms with Gasteiger partial charge in [-0.1, -0.05) is 6.92 Å². The molecule has 0 aromatic rings. The molecule has 0 aromatic heterocycles. The molecule has 1 atom stereocenters. The SMILES string of the molecule is CCN(C)CC1COC(C)(C)O1. The number of rotatable bonds is 3. The lowest BCUT2D eigenvalue weighted by Gasteiger charge is -2.20. The molecular formula is C9H19NO2. The molecule has 1 aliphatic heterocycles. The van der Waals surface area contributed by atoms with Crippen LogP contribution in [0, 0.1) is 0 Å². The molecule has 1 rings (SSSR count). The van der Waals surface area contributed by atoms with Gasteiger partial charge < -0.3 is 14.4 Å². The van der Waals surface area contributed by atoms with Crippen LogP contribution in [0.1, 0.15) is 20.8 Å². The van der Waals surface area contributed by atoms with Gasteiger partial charge in [-0.05, 0) is 27.4 Å². The Hall–Kier alpha value is -0.120. The first-order chi connectivity index (χ1) is 5.53. The highest BCUT2D eigenvalue weighted by Crippen LogP contribution is 2.22. The Morgan fingerprint density at radius 2 is 2.17 bits per heavy atom. The largest absolute Gasteiger partial charge is 0.348 e. The van der Waals surface area contributed by atoms with Crippen LogP contribution < -0.4 is 0 Å². The maximum Gasteiger partial charge on any atom is 0.163 e. The number of hydrogen-bond donors (Lipinski definition) is 0. The van der Waals surface area contributed by atoms with E-state index in [1.165, 1.54) is 0 Å². The van der Waals surface area contributed by atoms with Gasteiger partial charge in [0.15, 0.2) is 5.79 Å². The van der Waals surface area contributed by atoms with Crippen LogP contribution >= 0.6 is 0 Å². The number of nitrogens with zero attached hydrogens (tertiary/aromatic N) is 1. The Morgan fingerprint density at radius 3 is 2.58 bits per heavy atom. The van der Waals surface area contributed by atoms with E-state index in [4.69, 9.17) is 9.47 Å². The average molecular weight is 173 g/mol. The van der Waals surface area contributed by atoms with Crippen LogP contribution in [0.3, 0.4) is 0 Å². The second-order valence-corrected chi connectivity index (χ2v) is 3.81. The van der Waals surface area contributed by atoms with Crippen molar-refractivity contribution >= 4 is 0 Å². The van der Waals surface area contributed by atoms with Gasteiger partial charge in [-0.2, -0.15) is 0 Å².